The second-order valence-corrected chi connectivity index (χ2v) is 7.97. The van der Waals surface area contributed by atoms with Gasteiger partial charge in [0.25, 0.3) is 5.91 Å². The number of amides is 1. The SMILES string of the molecule is CC(C)n1c2ccccc2c2c1cc(C(=O)NCCc1ccncc1)n2C.O=C(O)C(F)(F)F. The Morgan fingerprint density at radius 3 is 2.29 bits per heavy atom. The van der Waals surface area contributed by atoms with E-state index in [4.69, 9.17) is 9.90 Å². The number of carboxylic acid groups (broad SMARTS) is 1. The van der Waals surface area contributed by atoms with Gasteiger partial charge in [0.1, 0.15) is 5.69 Å². The first kappa shape index (κ1) is 24.8. The molecule has 0 fully saturated rings. The van der Waals surface area contributed by atoms with Crippen molar-refractivity contribution in [2.24, 2.45) is 7.05 Å². The maximum absolute atomic E-state index is 12.8. The summed E-state index contributed by atoms with van der Waals surface area (Å²) in [6.07, 6.45) is -0.743. The van der Waals surface area contributed by atoms with Crippen molar-refractivity contribution in [1.82, 2.24) is 19.4 Å². The highest BCUT2D eigenvalue weighted by atomic mass is 19.4. The molecule has 3 heterocycles. The molecule has 0 saturated heterocycles. The molecule has 0 aliphatic heterocycles. The van der Waals surface area contributed by atoms with Crippen molar-refractivity contribution in [2.45, 2.75) is 32.5 Å². The smallest absolute Gasteiger partial charge is 0.475 e. The molecule has 0 radical (unpaired) electrons. The molecule has 4 rings (SSSR count). The molecule has 0 aliphatic rings. The molecule has 1 amide bonds. The molecular formula is C24H25F3N4O3. The van der Waals surface area contributed by atoms with Gasteiger partial charge in [0, 0.05) is 37.4 Å². The van der Waals surface area contributed by atoms with Crippen molar-refractivity contribution in [2.75, 3.05) is 6.54 Å². The number of rotatable bonds is 5. The van der Waals surface area contributed by atoms with Crippen LogP contribution in [0.2, 0.25) is 0 Å². The van der Waals surface area contributed by atoms with Gasteiger partial charge in [-0.2, -0.15) is 13.2 Å². The van der Waals surface area contributed by atoms with Crippen molar-refractivity contribution in [1.29, 1.82) is 0 Å². The van der Waals surface area contributed by atoms with Crippen LogP contribution < -0.4 is 5.32 Å². The summed E-state index contributed by atoms with van der Waals surface area (Å²) in [5.74, 6) is -2.80. The van der Waals surface area contributed by atoms with Crippen molar-refractivity contribution >= 4 is 33.8 Å². The summed E-state index contributed by atoms with van der Waals surface area (Å²) >= 11 is 0. The summed E-state index contributed by atoms with van der Waals surface area (Å²) in [4.78, 5) is 25.7. The van der Waals surface area contributed by atoms with Gasteiger partial charge in [-0.1, -0.05) is 18.2 Å². The van der Waals surface area contributed by atoms with Crippen LogP contribution in [-0.4, -0.2) is 43.8 Å². The first-order valence-corrected chi connectivity index (χ1v) is 10.6. The number of halogens is 3. The Hall–Kier alpha value is -3.82. The molecule has 0 unspecified atom stereocenters. The van der Waals surface area contributed by atoms with Crippen LogP contribution in [-0.2, 0) is 18.3 Å². The van der Waals surface area contributed by atoms with E-state index in [9.17, 15) is 18.0 Å². The third-order valence-corrected chi connectivity index (χ3v) is 5.33. The van der Waals surface area contributed by atoms with Gasteiger partial charge in [0.2, 0.25) is 0 Å². The number of carbonyl (C=O) groups excluding carboxylic acids is 1. The molecule has 2 N–H and O–H groups in total. The Labute approximate surface area is 193 Å². The van der Waals surface area contributed by atoms with Crippen molar-refractivity contribution in [3.8, 4) is 0 Å². The minimum atomic E-state index is -5.08. The molecule has 10 heteroatoms. The minimum absolute atomic E-state index is 0.0397. The van der Waals surface area contributed by atoms with Crippen molar-refractivity contribution in [3.63, 3.8) is 0 Å². The molecule has 3 aromatic heterocycles. The van der Waals surface area contributed by atoms with E-state index in [-0.39, 0.29) is 5.91 Å². The summed E-state index contributed by atoms with van der Waals surface area (Å²) < 4.78 is 36.1. The largest absolute Gasteiger partial charge is 0.490 e. The number of hydrogen-bond acceptors (Lipinski definition) is 3. The molecule has 4 aromatic rings. The maximum atomic E-state index is 12.8. The number of aliphatic carboxylic acids is 1. The van der Waals surface area contributed by atoms with Crippen LogP contribution in [0.3, 0.4) is 0 Å². The average molecular weight is 474 g/mol. The molecule has 0 saturated carbocycles. The highest BCUT2D eigenvalue weighted by Crippen LogP contribution is 2.33. The van der Waals surface area contributed by atoms with E-state index >= 15 is 0 Å². The fourth-order valence-corrected chi connectivity index (χ4v) is 3.84. The number of nitrogens with zero attached hydrogens (tertiary/aromatic N) is 3. The third-order valence-electron chi connectivity index (χ3n) is 5.33. The van der Waals surface area contributed by atoms with E-state index in [1.165, 1.54) is 16.5 Å². The van der Waals surface area contributed by atoms with Gasteiger partial charge in [-0.15, -0.1) is 0 Å². The van der Waals surface area contributed by atoms with E-state index in [0.717, 1.165) is 17.5 Å². The zero-order valence-electron chi connectivity index (χ0n) is 18.9. The number of hydrogen-bond donors (Lipinski definition) is 2. The number of alkyl halides is 3. The zero-order valence-corrected chi connectivity index (χ0v) is 18.9. The molecule has 0 bridgehead atoms. The standard InChI is InChI=1S/C22H24N4O.C2HF3O2/c1-15(2)26-18-7-5-4-6-17(18)21-19(26)14-20(25(21)3)22(27)24-13-10-16-8-11-23-12-9-16;3-2(4,5)1(6)7/h4-9,11-12,14-15H,10,13H2,1-3H3,(H,24,27);(H,6,7). The number of carbonyl (C=O) groups is 2. The second kappa shape index (κ2) is 9.98. The highest BCUT2D eigenvalue weighted by molar-refractivity contribution is 6.10. The zero-order chi connectivity index (χ0) is 25.0. The summed E-state index contributed by atoms with van der Waals surface area (Å²) in [6.45, 7) is 4.95. The molecule has 34 heavy (non-hydrogen) atoms. The van der Waals surface area contributed by atoms with E-state index in [2.05, 4.69) is 46.9 Å². The average Bonchev–Trinajstić information content (AvgIpc) is 3.28. The Bertz CT molecular complexity index is 1310. The summed E-state index contributed by atoms with van der Waals surface area (Å²) in [5, 5.41) is 11.4. The molecule has 0 atom stereocenters. The normalized spacial score (nSPS) is 11.5. The molecule has 180 valence electrons. The monoisotopic (exact) mass is 474 g/mol. The highest BCUT2D eigenvalue weighted by Gasteiger charge is 2.38. The molecular weight excluding hydrogens is 449 g/mol. The van der Waals surface area contributed by atoms with Crippen LogP contribution in [0.25, 0.3) is 21.9 Å². The molecule has 0 aliphatic carbocycles. The number of benzene rings is 1. The number of carboxylic acids is 1. The summed E-state index contributed by atoms with van der Waals surface area (Å²) in [5.41, 5.74) is 5.28. The number of nitrogens with one attached hydrogen (secondary N) is 1. The van der Waals surface area contributed by atoms with E-state index in [1.807, 2.05) is 35.9 Å². The van der Waals surface area contributed by atoms with Gasteiger partial charge < -0.3 is 19.6 Å². The number of para-hydroxylation sites is 1. The number of aryl methyl sites for hydroxylation is 1. The van der Waals surface area contributed by atoms with Gasteiger partial charge in [-0.25, -0.2) is 4.79 Å². The molecule has 1 aromatic carbocycles. The van der Waals surface area contributed by atoms with E-state index < -0.39 is 12.1 Å². The van der Waals surface area contributed by atoms with Crippen molar-refractivity contribution in [3.05, 3.63) is 66.1 Å². The van der Waals surface area contributed by atoms with Gasteiger partial charge in [0.15, 0.2) is 0 Å². The Balaban J connectivity index is 0.000000406. The lowest BCUT2D eigenvalue weighted by atomic mass is 10.2. The number of fused-ring (bicyclic) bond motifs is 3. The Morgan fingerprint density at radius 1 is 1.09 bits per heavy atom. The maximum Gasteiger partial charge on any atom is 0.490 e. The fourth-order valence-electron chi connectivity index (χ4n) is 3.84. The van der Waals surface area contributed by atoms with Crippen LogP contribution >= 0.6 is 0 Å². The van der Waals surface area contributed by atoms with Gasteiger partial charge in [-0.05, 0) is 50.1 Å². The Kier molecular flexibility index (Phi) is 7.29. The van der Waals surface area contributed by atoms with Gasteiger partial charge >= 0.3 is 12.1 Å². The number of pyridine rings is 1. The lowest BCUT2D eigenvalue weighted by molar-refractivity contribution is -0.192. The lowest BCUT2D eigenvalue weighted by Crippen LogP contribution is -2.27. The lowest BCUT2D eigenvalue weighted by Gasteiger charge is -2.10. The van der Waals surface area contributed by atoms with Crippen LogP contribution in [0.5, 0.6) is 0 Å². The van der Waals surface area contributed by atoms with Crippen LogP contribution in [0.15, 0.2) is 54.9 Å². The number of aromatic nitrogens is 3. The first-order valence-electron chi connectivity index (χ1n) is 10.6. The fraction of sp³-hybridized carbons (Fsp3) is 0.292. The third kappa shape index (κ3) is 5.22. The topological polar surface area (TPSA) is 89.2 Å². The summed E-state index contributed by atoms with van der Waals surface area (Å²) in [6, 6.07) is 14.7. The predicted molar refractivity (Wildman–Crippen MR) is 123 cm³/mol. The Morgan fingerprint density at radius 2 is 1.71 bits per heavy atom. The van der Waals surface area contributed by atoms with Gasteiger partial charge in [-0.3, -0.25) is 9.78 Å². The van der Waals surface area contributed by atoms with E-state index in [0.29, 0.717) is 18.3 Å². The van der Waals surface area contributed by atoms with Gasteiger partial charge in [0.05, 0.1) is 16.6 Å². The first-order chi connectivity index (χ1) is 16.0. The van der Waals surface area contributed by atoms with Crippen LogP contribution in [0, 0.1) is 0 Å². The van der Waals surface area contributed by atoms with Crippen molar-refractivity contribution < 1.29 is 27.9 Å². The predicted octanol–water partition coefficient (Wildman–Crippen LogP) is 4.71. The molecule has 7 nitrogen and oxygen atoms in total. The molecule has 0 spiro atoms. The van der Waals surface area contributed by atoms with E-state index in [1.54, 1.807) is 12.4 Å². The summed E-state index contributed by atoms with van der Waals surface area (Å²) in [7, 11) is 1.97. The van der Waals surface area contributed by atoms with Crippen LogP contribution in [0.4, 0.5) is 13.2 Å². The second-order valence-electron chi connectivity index (χ2n) is 7.97. The minimum Gasteiger partial charge on any atom is -0.475 e. The quantitative estimate of drug-likeness (QED) is 0.438. The van der Waals surface area contributed by atoms with Crippen LogP contribution in [0.1, 0.15) is 35.9 Å².